The van der Waals surface area contributed by atoms with Crippen LogP contribution >= 0.6 is 11.6 Å². The third-order valence-corrected chi connectivity index (χ3v) is 3.08. The molecule has 0 amide bonds. The van der Waals surface area contributed by atoms with Crippen molar-refractivity contribution in [2.45, 2.75) is 13.8 Å². The molecule has 0 atom stereocenters. The van der Waals surface area contributed by atoms with Crippen molar-refractivity contribution < 1.29 is 9.47 Å². The molecule has 0 aliphatic carbocycles. The van der Waals surface area contributed by atoms with Crippen molar-refractivity contribution in [3.05, 3.63) is 28.8 Å². The van der Waals surface area contributed by atoms with Crippen LogP contribution in [0.3, 0.4) is 0 Å². The summed E-state index contributed by atoms with van der Waals surface area (Å²) in [5.74, 6) is 0. The Hall–Kier alpha value is -1.28. The molecule has 1 aromatic rings. The SMILES string of the molecule is CCOCCN(CCOCC)c1cc(Cl)ccc1C#N. The van der Waals surface area contributed by atoms with Crippen LogP contribution in [0.15, 0.2) is 18.2 Å². The smallest absolute Gasteiger partial charge is 0.101 e. The topological polar surface area (TPSA) is 45.5 Å². The molecule has 0 saturated heterocycles. The summed E-state index contributed by atoms with van der Waals surface area (Å²) in [6, 6.07) is 7.49. The lowest BCUT2D eigenvalue weighted by Crippen LogP contribution is -2.31. The van der Waals surface area contributed by atoms with Crippen LogP contribution in [0.5, 0.6) is 0 Å². The zero-order valence-electron chi connectivity index (χ0n) is 12.1. The lowest BCUT2D eigenvalue weighted by atomic mass is 10.1. The van der Waals surface area contributed by atoms with Gasteiger partial charge >= 0.3 is 0 Å². The van der Waals surface area contributed by atoms with E-state index in [1.165, 1.54) is 0 Å². The van der Waals surface area contributed by atoms with Crippen LogP contribution in [0.4, 0.5) is 5.69 Å². The molecule has 0 fully saturated rings. The third-order valence-electron chi connectivity index (χ3n) is 2.84. The average molecular weight is 297 g/mol. The van der Waals surface area contributed by atoms with Crippen molar-refractivity contribution in [2.24, 2.45) is 0 Å². The molecule has 0 aliphatic heterocycles. The summed E-state index contributed by atoms with van der Waals surface area (Å²) in [6.45, 7) is 7.92. The fourth-order valence-corrected chi connectivity index (χ4v) is 2.02. The summed E-state index contributed by atoms with van der Waals surface area (Å²) < 4.78 is 10.8. The quantitative estimate of drug-likeness (QED) is 0.657. The van der Waals surface area contributed by atoms with E-state index in [-0.39, 0.29) is 0 Å². The number of ether oxygens (including phenoxy) is 2. The summed E-state index contributed by atoms with van der Waals surface area (Å²) in [5.41, 5.74) is 1.45. The van der Waals surface area contributed by atoms with E-state index in [1.54, 1.807) is 12.1 Å². The number of hydrogen-bond donors (Lipinski definition) is 0. The van der Waals surface area contributed by atoms with Gasteiger partial charge in [-0.05, 0) is 32.0 Å². The van der Waals surface area contributed by atoms with Gasteiger partial charge in [0.2, 0.25) is 0 Å². The van der Waals surface area contributed by atoms with E-state index >= 15 is 0 Å². The van der Waals surface area contributed by atoms with Crippen LogP contribution in [0.2, 0.25) is 5.02 Å². The van der Waals surface area contributed by atoms with Crippen molar-refractivity contribution in [3.8, 4) is 6.07 Å². The maximum Gasteiger partial charge on any atom is 0.101 e. The molecule has 1 aromatic carbocycles. The van der Waals surface area contributed by atoms with Crippen molar-refractivity contribution in [1.29, 1.82) is 5.26 Å². The first-order chi connectivity index (χ1) is 9.72. The van der Waals surface area contributed by atoms with Crippen LogP contribution < -0.4 is 4.90 Å². The van der Waals surface area contributed by atoms with Crippen molar-refractivity contribution in [1.82, 2.24) is 0 Å². The Morgan fingerprint density at radius 3 is 2.25 bits per heavy atom. The summed E-state index contributed by atoms with van der Waals surface area (Å²) in [5, 5.41) is 9.84. The van der Waals surface area contributed by atoms with E-state index in [9.17, 15) is 5.26 Å². The Kier molecular flexibility index (Phi) is 8.05. The lowest BCUT2D eigenvalue weighted by Gasteiger charge is -2.25. The number of benzene rings is 1. The fraction of sp³-hybridized carbons (Fsp3) is 0.533. The molecule has 0 N–H and O–H groups in total. The van der Waals surface area contributed by atoms with Crippen molar-refractivity contribution in [3.63, 3.8) is 0 Å². The molecule has 5 heteroatoms. The minimum absolute atomic E-state index is 0.611. The van der Waals surface area contributed by atoms with Gasteiger partial charge in [0.05, 0.1) is 24.5 Å². The lowest BCUT2D eigenvalue weighted by molar-refractivity contribution is 0.141. The van der Waals surface area contributed by atoms with Crippen LogP contribution in [0, 0.1) is 11.3 Å². The van der Waals surface area contributed by atoms with E-state index in [1.807, 2.05) is 19.9 Å². The summed E-state index contributed by atoms with van der Waals surface area (Å²) in [4.78, 5) is 2.08. The van der Waals surface area contributed by atoms with Crippen molar-refractivity contribution in [2.75, 3.05) is 44.4 Å². The molecule has 0 bridgehead atoms. The molecule has 20 heavy (non-hydrogen) atoms. The number of nitriles is 1. The van der Waals surface area contributed by atoms with Gasteiger partial charge in [0, 0.05) is 31.3 Å². The van der Waals surface area contributed by atoms with Gasteiger partial charge < -0.3 is 14.4 Å². The molecule has 0 radical (unpaired) electrons. The molecule has 0 aliphatic rings. The second-order valence-corrected chi connectivity index (χ2v) is 4.59. The monoisotopic (exact) mass is 296 g/mol. The highest BCUT2D eigenvalue weighted by Crippen LogP contribution is 2.24. The molecule has 0 spiro atoms. The number of halogens is 1. The maximum atomic E-state index is 9.22. The van der Waals surface area contributed by atoms with Crippen LogP contribution in [0.1, 0.15) is 19.4 Å². The normalized spacial score (nSPS) is 10.3. The Labute approximate surface area is 125 Å². The molecular weight excluding hydrogens is 276 g/mol. The standard InChI is InChI=1S/C15H21ClN2O2/c1-3-19-9-7-18(8-10-20-4-2)15-11-14(16)6-5-13(15)12-17/h5-6,11H,3-4,7-10H2,1-2H3. The average Bonchev–Trinajstić information content (AvgIpc) is 2.46. The van der Waals surface area contributed by atoms with Gasteiger partial charge in [0.25, 0.3) is 0 Å². The zero-order chi connectivity index (χ0) is 14.8. The van der Waals surface area contributed by atoms with Gasteiger partial charge in [0.1, 0.15) is 6.07 Å². The summed E-state index contributed by atoms with van der Waals surface area (Å²) in [6.07, 6.45) is 0. The predicted octanol–water partition coefficient (Wildman–Crippen LogP) is 3.09. The van der Waals surface area contributed by atoms with Gasteiger partial charge in [-0.15, -0.1) is 0 Å². The highest BCUT2D eigenvalue weighted by molar-refractivity contribution is 6.30. The Balaban J connectivity index is 2.84. The highest BCUT2D eigenvalue weighted by atomic mass is 35.5. The minimum Gasteiger partial charge on any atom is -0.380 e. The van der Waals surface area contributed by atoms with Crippen LogP contribution in [0.25, 0.3) is 0 Å². The number of rotatable bonds is 9. The maximum absolute atomic E-state index is 9.22. The largest absolute Gasteiger partial charge is 0.380 e. The van der Waals surface area contributed by atoms with E-state index in [0.29, 0.717) is 50.1 Å². The molecule has 0 aromatic heterocycles. The molecule has 0 saturated carbocycles. The van der Waals surface area contributed by atoms with Gasteiger partial charge in [-0.25, -0.2) is 0 Å². The van der Waals surface area contributed by atoms with Crippen LogP contribution in [-0.4, -0.2) is 39.5 Å². The fourth-order valence-electron chi connectivity index (χ4n) is 1.85. The Bertz CT molecular complexity index is 436. The Morgan fingerprint density at radius 2 is 1.75 bits per heavy atom. The molecule has 0 heterocycles. The Morgan fingerprint density at radius 1 is 1.15 bits per heavy atom. The third kappa shape index (κ3) is 5.38. The molecule has 110 valence electrons. The highest BCUT2D eigenvalue weighted by Gasteiger charge is 2.12. The van der Waals surface area contributed by atoms with E-state index < -0.39 is 0 Å². The summed E-state index contributed by atoms with van der Waals surface area (Å²) >= 11 is 6.04. The number of hydrogen-bond acceptors (Lipinski definition) is 4. The van der Waals surface area contributed by atoms with Gasteiger partial charge in [-0.1, -0.05) is 11.6 Å². The first kappa shape index (κ1) is 16.8. The predicted molar refractivity (Wildman–Crippen MR) is 81.4 cm³/mol. The van der Waals surface area contributed by atoms with Crippen LogP contribution in [-0.2, 0) is 9.47 Å². The van der Waals surface area contributed by atoms with Gasteiger partial charge in [0.15, 0.2) is 0 Å². The molecule has 1 rings (SSSR count). The first-order valence-electron chi connectivity index (χ1n) is 6.83. The number of nitrogens with zero attached hydrogens (tertiary/aromatic N) is 2. The molecule has 4 nitrogen and oxygen atoms in total. The second kappa shape index (κ2) is 9.60. The minimum atomic E-state index is 0.611. The van der Waals surface area contributed by atoms with Gasteiger partial charge in [-0.3, -0.25) is 0 Å². The van der Waals surface area contributed by atoms with E-state index in [2.05, 4.69) is 11.0 Å². The van der Waals surface area contributed by atoms with Gasteiger partial charge in [-0.2, -0.15) is 5.26 Å². The zero-order valence-corrected chi connectivity index (χ0v) is 12.8. The van der Waals surface area contributed by atoms with E-state index in [4.69, 9.17) is 21.1 Å². The molecule has 0 unspecified atom stereocenters. The second-order valence-electron chi connectivity index (χ2n) is 4.15. The summed E-state index contributed by atoms with van der Waals surface area (Å²) in [7, 11) is 0. The first-order valence-corrected chi connectivity index (χ1v) is 7.20. The van der Waals surface area contributed by atoms with E-state index in [0.717, 1.165) is 5.69 Å². The number of anilines is 1. The van der Waals surface area contributed by atoms with Crippen molar-refractivity contribution >= 4 is 17.3 Å². The molecular formula is C15H21ClN2O2.